The lowest BCUT2D eigenvalue weighted by molar-refractivity contribution is 0.891. The van der Waals surface area contributed by atoms with E-state index in [2.05, 4.69) is 52.2 Å². The van der Waals surface area contributed by atoms with Crippen LogP contribution in [0.25, 0.3) is 16.8 Å². The maximum Gasteiger partial charge on any atom is 0.135 e. The van der Waals surface area contributed by atoms with Gasteiger partial charge in [-0.25, -0.2) is 4.68 Å². The van der Waals surface area contributed by atoms with Gasteiger partial charge in [-0.05, 0) is 36.8 Å². The molecule has 0 fully saturated rings. The summed E-state index contributed by atoms with van der Waals surface area (Å²) in [4.78, 5) is 0. The minimum atomic E-state index is 0.649. The Morgan fingerprint density at radius 3 is 2.30 bits per heavy atom. The quantitative estimate of drug-likeness (QED) is 0.766. The van der Waals surface area contributed by atoms with Gasteiger partial charge in [-0.3, -0.25) is 0 Å². The third-order valence-corrected chi connectivity index (χ3v) is 3.77. The van der Waals surface area contributed by atoms with Gasteiger partial charge in [-0.15, -0.1) is 0 Å². The van der Waals surface area contributed by atoms with Gasteiger partial charge in [0.1, 0.15) is 5.82 Å². The molecule has 0 aliphatic heterocycles. The molecule has 0 spiro atoms. The molecule has 3 nitrogen and oxygen atoms in total. The number of benzene rings is 2. The van der Waals surface area contributed by atoms with Crippen LogP contribution in [0.15, 0.2) is 59.2 Å². The highest BCUT2D eigenvalue weighted by atomic mass is 79.9. The predicted octanol–water partition coefficient (Wildman–Crippen LogP) is 4.19. The first-order valence-corrected chi connectivity index (χ1v) is 7.11. The normalized spacial score (nSPS) is 10.7. The van der Waals surface area contributed by atoms with E-state index in [1.807, 2.05) is 30.5 Å². The maximum absolute atomic E-state index is 6.23. The molecule has 2 N–H and O–H groups in total. The van der Waals surface area contributed by atoms with Gasteiger partial charge in [0.05, 0.1) is 11.9 Å². The van der Waals surface area contributed by atoms with Crippen LogP contribution in [-0.4, -0.2) is 9.78 Å². The Morgan fingerprint density at radius 1 is 1.00 bits per heavy atom. The van der Waals surface area contributed by atoms with Crippen molar-refractivity contribution in [2.45, 2.75) is 6.92 Å². The number of halogens is 1. The zero-order valence-corrected chi connectivity index (χ0v) is 12.6. The average Bonchev–Trinajstić information content (AvgIpc) is 2.83. The van der Waals surface area contributed by atoms with Crippen molar-refractivity contribution in [1.82, 2.24) is 9.78 Å². The molecule has 2 aromatic carbocycles. The number of aromatic nitrogens is 2. The Hall–Kier alpha value is -2.07. The van der Waals surface area contributed by atoms with E-state index in [1.54, 1.807) is 4.68 Å². The maximum atomic E-state index is 6.23. The fourth-order valence-electron chi connectivity index (χ4n) is 2.10. The molecular formula is C16H14BrN3. The largest absolute Gasteiger partial charge is 0.383 e. The Kier molecular flexibility index (Phi) is 3.32. The summed E-state index contributed by atoms with van der Waals surface area (Å²) in [7, 11) is 0. The molecule has 0 amide bonds. The summed E-state index contributed by atoms with van der Waals surface area (Å²) in [5, 5.41) is 4.39. The molecule has 20 heavy (non-hydrogen) atoms. The van der Waals surface area contributed by atoms with E-state index in [0.29, 0.717) is 5.82 Å². The lowest BCUT2D eigenvalue weighted by atomic mass is 10.1. The number of rotatable bonds is 2. The standard InChI is InChI=1S/C16H14BrN3/c1-11-2-4-12(5-3-11)15-10-19-20(16(15)18)14-8-6-13(17)7-9-14/h2-10H,18H2,1H3. The number of nitrogens with zero attached hydrogens (tertiary/aromatic N) is 2. The molecule has 0 unspecified atom stereocenters. The zero-order chi connectivity index (χ0) is 14.1. The Morgan fingerprint density at radius 2 is 1.65 bits per heavy atom. The van der Waals surface area contributed by atoms with Crippen molar-refractivity contribution in [2.24, 2.45) is 0 Å². The number of aryl methyl sites for hydroxylation is 1. The van der Waals surface area contributed by atoms with Gasteiger partial charge < -0.3 is 5.73 Å². The number of nitrogens with two attached hydrogens (primary N) is 1. The summed E-state index contributed by atoms with van der Waals surface area (Å²) in [6.45, 7) is 2.07. The van der Waals surface area contributed by atoms with Crippen molar-refractivity contribution in [3.05, 3.63) is 64.8 Å². The van der Waals surface area contributed by atoms with Crippen LogP contribution in [0.1, 0.15) is 5.56 Å². The molecule has 0 bridgehead atoms. The summed E-state index contributed by atoms with van der Waals surface area (Å²) in [5.41, 5.74) is 10.4. The van der Waals surface area contributed by atoms with Crippen molar-refractivity contribution < 1.29 is 0 Å². The second-order valence-corrected chi connectivity index (χ2v) is 5.61. The molecule has 1 heterocycles. The molecule has 0 saturated carbocycles. The second-order valence-electron chi connectivity index (χ2n) is 4.70. The highest BCUT2D eigenvalue weighted by molar-refractivity contribution is 9.10. The van der Waals surface area contributed by atoms with Crippen LogP contribution in [0.4, 0.5) is 5.82 Å². The van der Waals surface area contributed by atoms with Gasteiger partial charge in [0, 0.05) is 10.0 Å². The number of nitrogen functional groups attached to an aromatic ring is 1. The number of hydrogen-bond acceptors (Lipinski definition) is 2. The third kappa shape index (κ3) is 2.34. The third-order valence-electron chi connectivity index (χ3n) is 3.24. The van der Waals surface area contributed by atoms with Crippen molar-refractivity contribution in [1.29, 1.82) is 0 Å². The van der Waals surface area contributed by atoms with Gasteiger partial charge in [0.2, 0.25) is 0 Å². The summed E-state index contributed by atoms with van der Waals surface area (Å²) in [5.74, 6) is 0.649. The van der Waals surface area contributed by atoms with Crippen LogP contribution in [-0.2, 0) is 0 Å². The first kappa shape index (κ1) is 12.9. The molecule has 0 aliphatic rings. The van der Waals surface area contributed by atoms with Crippen LogP contribution in [0.3, 0.4) is 0 Å². The molecule has 0 atom stereocenters. The Labute approximate surface area is 126 Å². The number of anilines is 1. The van der Waals surface area contributed by atoms with Gasteiger partial charge in [0.15, 0.2) is 0 Å². The Balaban J connectivity index is 2.04. The van der Waals surface area contributed by atoms with Gasteiger partial charge in [-0.2, -0.15) is 5.10 Å². The smallest absolute Gasteiger partial charge is 0.135 e. The van der Waals surface area contributed by atoms with Crippen LogP contribution in [0.5, 0.6) is 0 Å². The van der Waals surface area contributed by atoms with Crippen LogP contribution in [0, 0.1) is 6.92 Å². The van der Waals surface area contributed by atoms with Crippen molar-refractivity contribution >= 4 is 21.7 Å². The summed E-state index contributed by atoms with van der Waals surface area (Å²) in [6, 6.07) is 16.2. The van der Waals surface area contributed by atoms with E-state index in [1.165, 1.54) is 5.56 Å². The van der Waals surface area contributed by atoms with Gasteiger partial charge in [0.25, 0.3) is 0 Å². The van der Waals surface area contributed by atoms with Crippen molar-refractivity contribution in [2.75, 3.05) is 5.73 Å². The van der Waals surface area contributed by atoms with Gasteiger partial charge in [-0.1, -0.05) is 45.8 Å². The first-order chi connectivity index (χ1) is 9.65. The highest BCUT2D eigenvalue weighted by Gasteiger charge is 2.10. The molecule has 3 rings (SSSR count). The molecule has 4 heteroatoms. The van der Waals surface area contributed by atoms with E-state index in [4.69, 9.17) is 5.73 Å². The fourth-order valence-corrected chi connectivity index (χ4v) is 2.37. The van der Waals surface area contributed by atoms with Crippen molar-refractivity contribution in [3.63, 3.8) is 0 Å². The summed E-state index contributed by atoms with van der Waals surface area (Å²) >= 11 is 3.42. The molecule has 0 radical (unpaired) electrons. The Bertz CT molecular complexity index is 664. The molecule has 1 aromatic heterocycles. The van der Waals surface area contributed by atoms with Crippen LogP contribution >= 0.6 is 15.9 Å². The lowest BCUT2D eigenvalue weighted by Crippen LogP contribution is -2.01. The van der Waals surface area contributed by atoms with Gasteiger partial charge >= 0.3 is 0 Å². The van der Waals surface area contributed by atoms with Crippen LogP contribution in [0.2, 0.25) is 0 Å². The molecule has 3 aromatic rings. The highest BCUT2D eigenvalue weighted by Crippen LogP contribution is 2.28. The summed E-state index contributed by atoms with van der Waals surface area (Å²) in [6.07, 6.45) is 1.81. The minimum absolute atomic E-state index is 0.649. The minimum Gasteiger partial charge on any atom is -0.383 e. The van der Waals surface area contributed by atoms with E-state index < -0.39 is 0 Å². The zero-order valence-electron chi connectivity index (χ0n) is 11.0. The van der Waals surface area contributed by atoms with E-state index in [-0.39, 0.29) is 0 Å². The fraction of sp³-hybridized carbons (Fsp3) is 0.0625. The predicted molar refractivity (Wildman–Crippen MR) is 85.8 cm³/mol. The SMILES string of the molecule is Cc1ccc(-c2cnn(-c3ccc(Br)cc3)c2N)cc1. The number of hydrogen-bond donors (Lipinski definition) is 1. The second kappa shape index (κ2) is 5.13. The summed E-state index contributed by atoms with van der Waals surface area (Å²) < 4.78 is 2.78. The van der Waals surface area contributed by atoms with E-state index >= 15 is 0 Å². The van der Waals surface area contributed by atoms with Crippen molar-refractivity contribution in [3.8, 4) is 16.8 Å². The first-order valence-electron chi connectivity index (χ1n) is 6.31. The monoisotopic (exact) mass is 327 g/mol. The molecule has 0 saturated heterocycles. The average molecular weight is 328 g/mol. The van der Waals surface area contributed by atoms with E-state index in [9.17, 15) is 0 Å². The topological polar surface area (TPSA) is 43.8 Å². The molecule has 100 valence electrons. The lowest BCUT2D eigenvalue weighted by Gasteiger charge is -2.06. The molecule has 0 aliphatic carbocycles. The van der Waals surface area contributed by atoms with Crippen LogP contribution < -0.4 is 5.73 Å². The molecular weight excluding hydrogens is 314 g/mol. The van der Waals surface area contributed by atoms with E-state index in [0.717, 1.165) is 21.3 Å².